The summed E-state index contributed by atoms with van der Waals surface area (Å²) in [4.78, 5) is 20.9. The molecule has 2 aromatic rings. The Morgan fingerprint density at radius 1 is 0.778 bits per heavy atom. The Kier molecular flexibility index (Phi) is 6.58. The zero-order valence-electron chi connectivity index (χ0n) is 9.61. The first kappa shape index (κ1) is 14.8. The van der Waals surface area contributed by atoms with Gasteiger partial charge in [-0.1, -0.05) is 18.2 Å². The van der Waals surface area contributed by atoms with Crippen LogP contribution >= 0.6 is 0 Å². The molecule has 0 saturated carbocycles. The van der Waals surface area contributed by atoms with Crippen molar-refractivity contribution >= 4 is 8.16 Å². The number of carbonyl (C=O) groups is 2. The molecule has 4 heteroatoms. The Morgan fingerprint density at radius 3 is 1.39 bits per heavy atom. The minimum atomic E-state index is -0.879. The maximum absolute atomic E-state index is 10.7. The SMILES string of the molecule is O=C(O)c1ccccc1.O=[C]([La])c1ccccc1. The van der Waals surface area contributed by atoms with Gasteiger partial charge >= 0.3 is 82.6 Å². The van der Waals surface area contributed by atoms with Crippen LogP contribution in [0.5, 0.6) is 0 Å². The summed E-state index contributed by atoms with van der Waals surface area (Å²) in [6.45, 7) is 0. The number of hydrogen-bond donors (Lipinski definition) is 1. The molecule has 18 heavy (non-hydrogen) atoms. The van der Waals surface area contributed by atoms with Gasteiger partial charge in [-0.05, 0) is 12.1 Å². The van der Waals surface area contributed by atoms with Gasteiger partial charge in [0, 0.05) is 0 Å². The predicted octanol–water partition coefficient (Wildman–Crippen LogP) is 2.76. The quantitative estimate of drug-likeness (QED) is 0.890. The molecule has 0 fully saturated rings. The monoisotopic (exact) mass is 366 g/mol. The van der Waals surface area contributed by atoms with E-state index in [-0.39, 0.29) is 2.19 Å². The number of benzene rings is 2. The van der Waals surface area contributed by atoms with Crippen LogP contribution in [-0.2, 0) is 0 Å². The number of carbonyl (C=O) groups excluding carboxylic acids is 1. The molecule has 0 amide bonds. The third kappa shape index (κ3) is 5.40. The molecule has 0 aliphatic heterocycles. The normalized spacial score (nSPS) is 8.83. The summed E-state index contributed by atoms with van der Waals surface area (Å²) in [5.74, 6) is -0.879. The molecule has 2 rings (SSSR count). The second-order valence-corrected chi connectivity index (χ2v) is 5.05. The van der Waals surface area contributed by atoms with E-state index in [1.54, 1.807) is 30.3 Å². The van der Waals surface area contributed by atoms with Crippen LogP contribution in [0.15, 0.2) is 60.7 Å². The summed E-state index contributed by atoms with van der Waals surface area (Å²) < 4.78 is 0.288. The van der Waals surface area contributed by atoms with Crippen molar-refractivity contribution in [1.29, 1.82) is 0 Å². The van der Waals surface area contributed by atoms with Crippen molar-refractivity contribution < 1.29 is 48.4 Å². The molecule has 0 aromatic heterocycles. The van der Waals surface area contributed by atoms with Crippen LogP contribution in [-0.4, -0.2) is 13.3 Å². The van der Waals surface area contributed by atoms with E-state index in [0.29, 0.717) is 39.3 Å². The van der Waals surface area contributed by atoms with E-state index in [9.17, 15) is 9.59 Å². The number of carboxylic acids is 1. The molecule has 1 N–H and O–H groups in total. The van der Waals surface area contributed by atoms with Crippen molar-refractivity contribution in [2.45, 2.75) is 0 Å². The first-order chi connectivity index (χ1) is 8.61. The van der Waals surface area contributed by atoms with Crippen LogP contribution in [0.4, 0.5) is 0 Å². The van der Waals surface area contributed by atoms with Crippen LogP contribution in [0, 0.1) is 33.7 Å². The molecule has 0 bridgehead atoms. The van der Waals surface area contributed by atoms with E-state index in [4.69, 9.17) is 5.11 Å². The fourth-order valence-corrected chi connectivity index (χ4v) is 1.79. The summed E-state index contributed by atoms with van der Waals surface area (Å²) in [6, 6.07) is 17.7. The predicted molar refractivity (Wildman–Crippen MR) is 64.2 cm³/mol. The molecule has 0 aliphatic carbocycles. The molecule has 88 valence electrons. The van der Waals surface area contributed by atoms with Crippen molar-refractivity contribution in [2.24, 2.45) is 0 Å². The number of carboxylic acid groups (broad SMARTS) is 1. The zero-order chi connectivity index (χ0) is 13.4. The summed E-state index contributed by atoms with van der Waals surface area (Å²) in [5, 5.41) is 8.38. The average molecular weight is 366 g/mol. The van der Waals surface area contributed by atoms with Crippen molar-refractivity contribution in [1.82, 2.24) is 0 Å². The van der Waals surface area contributed by atoms with Crippen LogP contribution in [0.1, 0.15) is 20.7 Å². The second kappa shape index (κ2) is 7.98. The molecular weight excluding hydrogens is 355 g/mol. The Morgan fingerprint density at radius 2 is 1.17 bits per heavy atom. The third-order valence-electron chi connectivity index (χ3n) is 2.08. The van der Waals surface area contributed by atoms with Crippen LogP contribution in [0.3, 0.4) is 0 Å². The van der Waals surface area contributed by atoms with Gasteiger partial charge in [0.1, 0.15) is 0 Å². The summed E-state index contributed by atoms with van der Waals surface area (Å²) in [7, 11) is 0. The van der Waals surface area contributed by atoms with E-state index in [1.807, 2.05) is 30.3 Å². The molecule has 0 atom stereocenters. The molecule has 0 spiro atoms. The standard InChI is InChI=1S/C7H6O2.C7H5O.La/c8-7(9)6-4-2-1-3-5-6;8-6-7-4-2-1-3-5-7;/h1-5H,(H,8,9);1-5H;. The van der Waals surface area contributed by atoms with Crippen molar-refractivity contribution in [2.75, 3.05) is 0 Å². The molecule has 0 saturated heterocycles. The molecule has 0 aliphatic rings. The fraction of sp³-hybridized carbons (Fsp3) is 0. The molecular formula is C14H11LaO3. The maximum atomic E-state index is 10.7. The van der Waals surface area contributed by atoms with E-state index in [0.717, 1.165) is 5.56 Å². The van der Waals surface area contributed by atoms with Crippen LogP contribution in [0.2, 0.25) is 0 Å². The first-order valence-corrected chi connectivity index (χ1v) is 7.05. The van der Waals surface area contributed by atoms with Gasteiger partial charge in [-0.15, -0.1) is 0 Å². The van der Waals surface area contributed by atoms with E-state index in [1.165, 1.54) is 0 Å². The van der Waals surface area contributed by atoms with Crippen LogP contribution < -0.4 is 0 Å². The van der Waals surface area contributed by atoms with Gasteiger partial charge < -0.3 is 5.11 Å². The molecule has 0 heterocycles. The first-order valence-electron chi connectivity index (χ1n) is 5.24. The second-order valence-electron chi connectivity index (χ2n) is 3.40. The van der Waals surface area contributed by atoms with E-state index < -0.39 is 5.97 Å². The third-order valence-corrected chi connectivity index (χ3v) is 3.13. The topological polar surface area (TPSA) is 54.4 Å². The number of aromatic carboxylic acids is 1. The van der Waals surface area contributed by atoms with Gasteiger partial charge in [-0.3, -0.25) is 0 Å². The Hall–Kier alpha value is -1.23. The number of hydrogen-bond acceptors (Lipinski definition) is 2. The number of rotatable bonds is 2. The summed E-state index contributed by atoms with van der Waals surface area (Å²) >= 11 is 0.428. The van der Waals surface area contributed by atoms with Gasteiger partial charge in [0.05, 0.1) is 5.56 Å². The zero-order valence-corrected chi connectivity index (χ0v) is 13.2. The molecule has 0 radical (unpaired) electrons. The van der Waals surface area contributed by atoms with Crippen molar-refractivity contribution in [3.8, 4) is 0 Å². The summed E-state index contributed by atoms with van der Waals surface area (Å²) in [5.41, 5.74) is 1.18. The van der Waals surface area contributed by atoms with E-state index in [2.05, 4.69) is 0 Å². The Labute approximate surface area is 127 Å². The van der Waals surface area contributed by atoms with Gasteiger partial charge in [-0.25, -0.2) is 4.79 Å². The van der Waals surface area contributed by atoms with Gasteiger partial charge in [0.2, 0.25) is 0 Å². The van der Waals surface area contributed by atoms with Crippen LogP contribution in [0.25, 0.3) is 0 Å². The average Bonchev–Trinajstić information content (AvgIpc) is 2.41. The molecule has 2 aromatic carbocycles. The van der Waals surface area contributed by atoms with Crippen molar-refractivity contribution in [3.05, 3.63) is 71.8 Å². The van der Waals surface area contributed by atoms with Gasteiger partial charge in [0.25, 0.3) is 0 Å². The van der Waals surface area contributed by atoms with E-state index >= 15 is 0 Å². The van der Waals surface area contributed by atoms with Gasteiger partial charge in [0.15, 0.2) is 0 Å². The Bertz CT molecular complexity index is 460. The van der Waals surface area contributed by atoms with Gasteiger partial charge in [-0.2, -0.15) is 0 Å². The molecule has 3 nitrogen and oxygen atoms in total. The fourth-order valence-electron chi connectivity index (χ4n) is 1.18. The Balaban J connectivity index is 0.000000180. The molecule has 0 unspecified atom stereocenters. The summed E-state index contributed by atoms with van der Waals surface area (Å²) in [6.07, 6.45) is 0. The minimum absolute atomic E-state index is 0.288. The van der Waals surface area contributed by atoms with Crippen molar-refractivity contribution in [3.63, 3.8) is 0 Å².